The molecule has 0 fully saturated rings. The van der Waals surface area contributed by atoms with Gasteiger partial charge in [-0.05, 0) is 110 Å². The van der Waals surface area contributed by atoms with E-state index in [9.17, 15) is 0 Å². The van der Waals surface area contributed by atoms with Gasteiger partial charge in [-0.2, -0.15) is 0 Å². The lowest BCUT2D eigenvalue weighted by molar-refractivity contribution is 1.22. The smallest absolute Gasteiger partial charge is 0.228 e. The van der Waals surface area contributed by atoms with Crippen LogP contribution in [0.15, 0.2) is 212 Å². The number of fused-ring (bicyclic) bond motifs is 4. The highest BCUT2D eigenvalue weighted by Gasteiger charge is 2.18. The van der Waals surface area contributed by atoms with Gasteiger partial charge in [-0.3, -0.25) is 0 Å². The standard InChI is InChI=1S/C54H38N4/c1-4-17-37(18-5-1)41-33-42(38-19-6-2-7-20-38)35-43(34-41)53-48-28-14-15-29-50(48)56-54(58-53)57-51-30-16-22-39(31-32-55-44-23-8-3-9-24-44)52(51)49-36-40-21-10-11-25-45(40)46-26-12-13-27-47(46)49/h1-36,55H,(H,56,57,58)/b32-31-. The van der Waals surface area contributed by atoms with Gasteiger partial charge in [-0.15, -0.1) is 0 Å². The van der Waals surface area contributed by atoms with E-state index in [1.807, 2.05) is 30.5 Å². The Balaban J connectivity index is 1.16. The third kappa shape index (κ3) is 6.84. The lowest BCUT2D eigenvalue weighted by Crippen LogP contribution is -2.02. The molecule has 0 atom stereocenters. The van der Waals surface area contributed by atoms with Crippen LogP contribution in [0.25, 0.3) is 83.2 Å². The number of aromatic nitrogens is 2. The molecule has 0 aliphatic heterocycles. The zero-order valence-electron chi connectivity index (χ0n) is 31.7. The molecule has 0 aliphatic carbocycles. The lowest BCUT2D eigenvalue weighted by Gasteiger charge is -2.19. The number of nitrogens with zero attached hydrogens (tertiary/aromatic N) is 2. The van der Waals surface area contributed by atoms with Gasteiger partial charge in [0.25, 0.3) is 0 Å². The van der Waals surface area contributed by atoms with Gasteiger partial charge < -0.3 is 10.6 Å². The summed E-state index contributed by atoms with van der Waals surface area (Å²) in [5, 5.41) is 13.0. The van der Waals surface area contributed by atoms with Crippen molar-refractivity contribution >= 4 is 55.8 Å². The van der Waals surface area contributed by atoms with Crippen molar-refractivity contribution in [2.45, 2.75) is 0 Å². The number of para-hydroxylation sites is 2. The Kier molecular flexibility index (Phi) is 9.18. The molecule has 0 bridgehead atoms. The molecule has 4 heteroatoms. The van der Waals surface area contributed by atoms with E-state index < -0.39 is 0 Å². The van der Waals surface area contributed by atoms with Crippen LogP contribution in [0.4, 0.5) is 17.3 Å². The zero-order valence-corrected chi connectivity index (χ0v) is 31.7. The van der Waals surface area contributed by atoms with Crippen molar-refractivity contribution in [3.63, 3.8) is 0 Å². The van der Waals surface area contributed by atoms with Crippen LogP contribution in [-0.2, 0) is 0 Å². The second-order valence-corrected chi connectivity index (χ2v) is 14.4. The first kappa shape index (κ1) is 34.7. The van der Waals surface area contributed by atoms with Crippen LogP contribution in [0.5, 0.6) is 0 Å². The van der Waals surface area contributed by atoms with Gasteiger partial charge in [-0.1, -0.05) is 158 Å². The van der Waals surface area contributed by atoms with Crippen molar-refractivity contribution in [1.29, 1.82) is 0 Å². The van der Waals surface area contributed by atoms with E-state index in [2.05, 4.69) is 199 Å². The third-order valence-electron chi connectivity index (χ3n) is 10.7. The van der Waals surface area contributed by atoms with E-state index >= 15 is 0 Å². The molecule has 9 aromatic carbocycles. The summed E-state index contributed by atoms with van der Waals surface area (Å²) >= 11 is 0. The van der Waals surface area contributed by atoms with E-state index in [4.69, 9.17) is 9.97 Å². The van der Waals surface area contributed by atoms with Gasteiger partial charge in [0.05, 0.1) is 11.2 Å². The maximum Gasteiger partial charge on any atom is 0.228 e. The highest BCUT2D eigenvalue weighted by Crippen LogP contribution is 2.42. The van der Waals surface area contributed by atoms with E-state index in [1.54, 1.807) is 0 Å². The van der Waals surface area contributed by atoms with Gasteiger partial charge in [0, 0.05) is 34.1 Å². The molecule has 0 saturated heterocycles. The summed E-state index contributed by atoms with van der Waals surface area (Å²) in [5.41, 5.74) is 12.5. The quantitative estimate of drug-likeness (QED) is 0.145. The van der Waals surface area contributed by atoms with Gasteiger partial charge in [-0.25, -0.2) is 9.97 Å². The number of hydrogen-bond acceptors (Lipinski definition) is 4. The molecular weight excluding hydrogens is 705 g/mol. The molecule has 0 spiro atoms. The third-order valence-corrected chi connectivity index (χ3v) is 10.7. The number of benzene rings is 9. The van der Waals surface area contributed by atoms with Crippen molar-refractivity contribution < 1.29 is 0 Å². The van der Waals surface area contributed by atoms with Gasteiger partial charge in [0.2, 0.25) is 5.95 Å². The normalized spacial score (nSPS) is 11.4. The Morgan fingerprint density at radius 3 is 1.72 bits per heavy atom. The van der Waals surface area contributed by atoms with E-state index in [0.29, 0.717) is 5.95 Å². The lowest BCUT2D eigenvalue weighted by atomic mass is 9.90. The Morgan fingerprint density at radius 2 is 1.00 bits per heavy atom. The molecule has 58 heavy (non-hydrogen) atoms. The Morgan fingerprint density at radius 1 is 0.414 bits per heavy atom. The Bertz CT molecular complexity index is 3040. The van der Waals surface area contributed by atoms with Crippen LogP contribution < -0.4 is 10.6 Å². The molecular formula is C54H38N4. The number of rotatable bonds is 9. The van der Waals surface area contributed by atoms with E-state index in [1.165, 1.54) is 21.5 Å². The van der Waals surface area contributed by atoms with Crippen LogP contribution in [0, 0.1) is 0 Å². The molecule has 2 N–H and O–H groups in total. The van der Waals surface area contributed by atoms with Crippen LogP contribution in [0.2, 0.25) is 0 Å². The fourth-order valence-corrected chi connectivity index (χ4v) is 7.97. The summed E-state index contributed by atoms with van der Waals surface area (Å²) < 4.78 is 0. The van der Waals surface area contributed by atoms with Gasteiger partial charge in [0.1, 0.15) is 0 Å². The summed E-state index contributed by atoms with van der Waals surface area (Å²) in [5.74, 6) is 0.523. The van der Waals surface area contributed by atoms with Crippen molar-refractivity contribution in [2.75, 3.05) is 10.6 Å². The van der Waals surface area contributed by atoms with Crippen molar-refractivity contribution in [3.05, 3.63) is 218 Å². The Labute approximate surface area is 337 Å². The fraction of sp³-hybridized carbons (Fsp3) is 0. The van der Waals surface area contributed by atoms with E-state index in [0.717, 1.165) is 72.5 Å². The summed E-state index contributed by atoms with van der Waals surface area (Å²) in [6.45, 7) is 0. The molecule has 0 aliphatic rings. The molecule has 4 nitrogen and oxygen atoms in total. The van der Waals surface area contributed by atoms with Crippen molar-refractivity contribution in [1.82, 2.24) is 9.97 Å². The van der Waals surface area contributed by atoms with E-state index in [-0.39, 0.29) is 0 Å². The van der Waals surface area contributed by atoms with Crippen LogP contribution in [0.3, 0.4) is 0 Å². The molecule has 1 heterocycles. The molecule has 10 rings (SSSR count). The van der Waals surface area contributed by atoms with Crippen molar-refractivity contribution in [2.24, 2.45) is 0 Å². The van der Waals surface area contributed by atoms with Gasteiger partial charge >= 0.3 is 0 Å². The minimum absolute atomic E-state index is 0.523. The van der Waals surface area contributed by atoms with Crippen LogP contribution in [-0.4, -0.2) is 9.97 Å². The predicted octanol–water partition coefficient (Wildman–Crippen LogP) is 14.4. The van der Waals surface area contributed by atoms with Gasteiger partial charge in [0.15, 0.2) is 0 Å². The predicted molar refractivity (Wildman–Crippen MR) is 245 cm³/mol. The highest BCUT2D eigenvalue weighted by molar-refractivity contribution is 6.15. The minimum Gasteiger partial charge on any atom is -0.362 e. The molecule has 0 amide bonds. The highest BCUT2D eigenvalue weighted by atomic mass is 15.1. The second kappa shape index (κ2) is 15.4. The molecule has 10 aromatic rings. The fourth-order valence-electron chi connectivity index (χ4n) is 7.97. The molecule has 274 valence electrons. The average Bonchev–Trinajstić information content (AvgIpc) is 3.29. The monoisotopic (exact) mass is 742 g/mol. The topological polar surface area (TPSA) is 49.8 Å². The summed E-state index contributed by atoms with van der Waals surface area (Å²) in [7, 11) is 0. The molecule has 0 unspecified atom stereocenters. The van der Waals surface area contributed by atoms with Crippen LogP contribution in [0.1, 0.15) is 5.56 Å². The molecule has 1 aromatic heterocycles. The first-order chi connectivity index (χ1) is 28.7. The first-order valence-electron chi connectivity index (χ1n) is 19.6. The first-order valence-corrected chi connectivity index (χ1v) is 19.6. The summed E-state index contributed by atoms with van der Waals surface area (Å²) in [6.07, 6.45) is 4.15. The average molecular weight is 743 g/mol. The zero-order chi connectivity index (χ0) is 38.7. The minimum atomic E-state index is 0.523. The SMILES string of the molecule is C(=C/c1cccc(Nc2nc(-c3cc(-c4ccccc4)cc(-c4ccccc4)c3)c3ccccc3n2)c1-c1cc2ccccc2c2ccccc12)/Nc1ccccc1. The van der Waals surface area contributed by atoms with Crippen LogP contribution >= 0.6 is 0 Å². The molecule has 0 radical (unpaired) electrons. The van der Waals surface area contributed by atoms with Crippen molar-refractivity contribution in [3.8, 4) is 44.6 Å². The number of anilines is 3. The maximum absolute atomic E-state index is 5.36. The maximum atomic E-state index is 5.36. The number of nitrogens with one attached hydrogen (secondary N) is 2. The number of hydrogen-bond donors (Lipinski definition) is 2. The molecule has 0 saturated carbocycles. The second-order valence-electron chi connectivity index (χ2n) is 14.4. The summed E-state index contributed by atoms with van der Waals surface area (Å²) in [4.78, 5) is 10.5. The largest absolute Gasteiger partial charge is 0.362 e. The Hall–Kier alpha value is -7.82. The summed E-state index contributed by atoms with van der Waals surface area (Å²) in [6, 6.07) is 72.4.